The molecule has 2 rings (SSSR count). The lowest BCUT2D eigenvalue weighted by molar-refractivity contribution is 0.101. The summed E-state index contributed by atoms with van der Waals surface area (Å²) in [6, 6.07) is 7.30. The molecule has 1 N–H and O–H groups in total. The van der Waals surface area contributed by atoms with E-state index in [9.17, 15) is 9.90 Å². The van der Waals surface area contributed by atoms with Gasteiger partial charge in [-0.15, -0.1) is 0 Å². The highest BCUT2D eigenvalue weighted by atomic mass is 16.5. The third kappa shape index (κ3) is 1.92. The number of Topliss-reactive ketones (excluding diaryl/α,β-unsaturated/α-hetero) is 1. The van der Waals surface area contributed by atoms with Crippen LogP contribution in [0.1, 0.15) is 29.8 Å². The summed E-state index contributed by atoms with van der Waals surface area (Å²) < 4.78 is 5.16. The van der Waals surface area contributed by atoms with Crippen LogP contribution in [0.2, 0.25) is 0 Å². The molecule has 0 bridgehead atoms. The highest BCUT2D eigenvalue weighted by Gasteiger charge is 2.14. The van der Waals surface area contributed by atoms with Crippen LogP contribution in [0.25, 0.3) is 10.8 Å². The number of aryl methyl sites for hydroxylation is 1. The van der Waals surface area contributed by atoms with Gasteiger partial charge in [-0.05, 0) is 42.5 Å². The van der Waals surface area contributed by atoms with E-state index in [4.69, 9.17) is 4.74 Å². The fourth-order valence-electron chi connectivity index (χ4n) is 2.15. The molecule has 3 heteroatoms. The van der Waals surface area contributed by atoms with Gasteiger partial charge in [0, 0.05) is 5.39 Å². The van der Waals surface area contributed by atoms with Gasteiger partial charge in [0.2, 0.25) is 0 Å². The molecule has 0 spiro atoms. The number of ketones is 1. The molecule has 0 aliphatic carbocycles. The van der Waals surface area contributed by atoms with E-state index in [2.05, 4.69) is 0 Å². The molecule has 2 aromatic carbocycles. The first-order chi connectivity index (χ1) is 8.58. The van der Waals surface area contributed by atoms with Gasteiger partial charge < -0.3 is 9.84 Å². The Balaban J connectivity index is 2.85. The average Bonchev–Trinajstić information content (AvgIpc) is 2.38. The molecule has 0 aliphatic rings. The van der Waals surface area contributed by atoms with Crippen molar-refractivity contribution in [1.29, 1.82) is 0 Å². The molecule has 0 fully saturated rings. The number of phenolic OH excluding ortho intramolecular Hbond substituents is 1. The van der Waals surface area contributed by atoms with Crippen molar-refractivity contribution >= 4 is 16.6 Å². The lowest BCUT2D eigenvalue weighted by atomic mass is 9.96. The topological polar surface area (TPSA) is 46.5 Å². The number of benzene rings is 2. The quantitative estimate of drug-likeness (QED) is 0.842. The highest BCUT2D eigenvalue weighted by Crippen LogP contribution is 2.34. The van der Waals surface area contributed by atoms with E-state index in [-0.39, 0.29) is 11.5 Å². The molecule has 0 amide bonds. The van der Waals surface area contributed by atoms with E-state index in [0.29, 0.717) is 16.7 Å². The van der Waals surface area contributed by atoms with Crippen LogP contribution in [0.15, 0.2) is 24.3 Å². The van der Waals surface area contributed by atoms with E-state index in [0.717, 1.165) is 17.4 Å². The largest absolute Gasteiger partial charge is 0.507 e. The number of rotatable bonds is 3. The van der Waals surface area contributed by atoms with Crippen molar-refractivity contribution < 1.29 is 14.6 Å². The van der Waals surface area contributed by atoms with Gasteiger partial charge in [-0.3, -0.25) is 4.79 Å². The van der Waals surface area contributed by atoms with Crippen molar-refractivity contribution in [1.82, 2.24) is 0 Å². The molecule has 0 aliphatic heterocycles. The number of aromatic hydroxyl groups is 1. The summed E-state index contributed by atoms with van der Waals surface area (Å²) in [7, 11) is 1.58. The Kier molecular flexibility index (Phi) is 3.24. The van der Waals surface area contributed by atoms with Crippen molar-refractivity contribution in [2.24, 2.45) is 0 Å². The Labute approximate surface area is 106 Å². The summed E-state index contributed by atoms with van der Waals surface area (Å²) in [6.45, 7) is 3.49. The standard InChI is InChI=1S/C15H16O3/c1-4-10-7-13(9(2)16)15(17)14-8-11(18-3)5-6-12(10)14/h5-8,17H,4H2,1-3H3. The minimum absolute atomic E-state index is 0.0357. The molecular weight excluding hydrogens is 228 g/mol. The van der Waals surface area contributed by atoms with E-state index in [1.54, 1.807) is 19.2 Å². The normalized spacial score (nSPS) is 10.6. The molecule has 0 unspecified atom stereocenters. The fourth-order valence-corrected chi connectivity index (χ4v) is 2.15. The molecule has 0 aromatic heterocycles. The zero-order valence-corrected chi connectivity index (χ0v) is 10.8. The van der Waals surface area contributed by atoms with Gasteiger partial charge in [0.25, 0.3) is 0 Å². The number of fused-ring (bicyclic) bond motifs is 1. The molecule has 3 nitrogen and oxygen atoms in total. The molecule has 94 valence electrons. The average molecular weight is 244 g/mol. The Morgan fingerprint density at radius 3 is 2.56 bits per heavy atom. The maximum atomic E-state index is 11.5. The maximum absolute atomic E-state index is 11.5. The molecule has 18 heavy (non-hydrogen) atoms. The highest BCUT2D eigenvalue weighted by molar-refractivity contribution is 6.05. The maximum Gasteiger partial charge on any atom is 0.163 e. The third-order valence-corrected chi connectivity index (χ3v) is 3.16. The number of ether oxygens (including phenoxy) is 1. The van der Waals surface area contributed by atoms with Crippen LogP contribution in [0.3, 0.4) is 0 Å². The van der Waals surface area contributed by atoms with Gasteiger partial charge in [0.05, 0.1) is 12.7 Å². The van der Waals surface area contributed by atoms with Crippen molar-refractivity contribution in [3.63, 3.8) is 0 Å². The van der Waals surface area contributed by atoms with Gasteiger partial charge in [-0.25, -0.2) is 0 Å². The second kappa shape index (κ2) is 4.69. The number of phenols is 1. The number of carbonyl (C=O) groups excluding carboxylic acids is 1. The fraction of sp³-hybridized carbons (Fsp3) is 0.267. The van der Waals surface area contributed by atoms with Crippen LogP contribution in [0.5, 0.6) is 11.5 Å². The summed E-state index contributed by atoms with van der Waals surface area (Å²) >= 11 is 0. The monoisotopic (exact) mass is 244 g/mol. The lowest BCUT2D eigenvalue weighted by Crippen LogP contribution is -1.97. The van der Waals surface area contributed by atoms with Gasteiger partial charge in [0.15, 0.2) is 5.78 Å². The van der Waals surface area contributed by atoms with E-state index >= 15 is 0 Å². The Bertz CT molecular complexity index is 615. The smallest absolute Gasteiger partial charge is 0.163 e. The van der Waals surface area contributed by atoms with Crippen molar-refractivity contribution in [3.05, 3.63) is 35.4 Å². The van der Waals surface area contributed by atoms with E-state index < -0.39 is 0 Å². The van der Waals surface area contributed by atoms with Gasteiger partial charge in [-0.2, -0.15) is 0 Å². The van der Waals surface area contributed by atoms with Crippen molar-refractivity contribution in [2.75, 3.05) is 7.11 Å². The SMILES string of the molecule is CCc1cc(C(C)=O)c(O)c2cc(OC)ccc12. The summed E-state index contributed by atoms with van der Waals surface area (Å²) in [5.41, 5.74) is 1.42. The number of methoxy groups -OCH3 is 1. The summed E-state index contributed by atoms with van der Waals surface area (Å²) in [6.07, 6.45) is 0.809. The zero-order chi connectivity index (χ0) is 13.3. The molecular formula is C15H16O3. The van der Waals surface area contributed by atoms with Crippen LogP contribution < -0.4 is 4.74 Å². The van der Waals surface area contributed by atoms with Gasteiger partial charge >= 0.3 is 0 Å². The summed E-state index contributed by atoms with van der Waals surface area (Å²) in [5.74, 6) is 0.570. The zero-order valence-electron chi connectivity index (χ0n) is 10.8. The molecule has 0 radical (unpaired) electrons. The predicted octanol–water partition coefficient (Wildman–Crippen LogP) is 3.32. The number of carbonyl (C=O) groups is 1. The molecule has 0 heterocycles. The van der Waals surface area contributed by atoms with Crippen LogP contribution in [0.4, 0.5) is 0 Å². The first-order valence-corrected chi connectivity index (χ1v) is 5.92. The third-order valence-electron chi connectivity index (χ3n) is 3.16. The first kappa shape index (κ1) is 12.4. The van der Waals surface area contributed by atoms with E-state index in [1.165, 1.54) is 6.92 Å². The van der Waals surface area contributed by atoms with Gasteiger partial charge in [0.1, 0.15) is 11.5 Å². The second-order valence-electron chi connectivity index (χ2n) is 4.25. The van der Waals surface area contributed by atoms with Crippen LogP contribution >= 0.6 is 0 Å². The second-order valence-corrected chi connectivity index (χ2v) is 4.25. The molecule has 2 aromatic rings. The summed E-state index contributed by atoms with van der Waals surface area (Å²) in [5, 5.41) is 11.8. The summed E-state index contributed by atoms with van der Waals surface area (Å²) in [4.78, 5) is 11.5. The molecule has 0 saturated heterocycles. The Morgan fingerprint density at radius 2 is 2.00 bits per heavy atom. The number of hydrogen-bond donors (Lipinski definition) is 1. The Hall–Kier alpha value is -2.03. The van der Waals surface area contributed by atoms with Crippen molar-refractivity contribution in [3.8, 4) is 11.5 Å². The Morgan fingerprint density at radius 1 is 1.28 bits per heavy atom. The molecule has 0 atom stereocenters. The van der Waals surface area contributed by atoms with Crippen LogP contribution in [0, 0.1) is 0 Å². The van der Waals surface area contributed by atoms with Crippen LogP contribution in [-0.2, 0) is 6.42 Å². The van der Waals surface area contributed by atoms with Gasteiger partial charge in [-0.1, -0.05) is 13.0 Å². The first-order valence-electron chi connectivity index (χ1n) is 5.92. The minimum atomic E-state index is -0.132. The van der Waals surface area contributed by atoms with Crippen LogP contribution in [-0.4, -0.2) is 18.0 Å². The number of hydrogen-bond acceptors (Lipinski definition) is 3. The van der Waals surface area contributed by atoms with E-state index in [1.807, 2.05) is 19.1 Å². The van der Waals surface area contributed by atoms with Crippen molar-refractivity contribution in [2.45, 2.75) is 20.3 Å². The minimum Gasteiger partial charge on any atom is -0.507 e. The molecule has 0 saturated carbocycles. The predicted molar refractivity (Wildman–Crippen MR) is 71.5 cm³/mol. The lowest BCUT2D eigenvalue weighted by Gasteiger charge is -2.11.